The second-order valence-corrected chi connectivity index (χ2v) is 11.4. The number of hydrogen-bond donors (Lipinski definition) is 1. The second kappa shape index (κ2) is 8.36. The maximum Gasteiger partial charge on any atom is 0.230 e. The van der Waals surface area contributed by atoms with E-state index in [9.17, 15) is 4.79 Å². The van der Waals surface area contributed by atoms with Crippen LogP contribution < -0.4 is 10.1 Å². The van der Waals surface area contributed by atoms with Gasteiger partial charge in [-0.3, -0.25) is 4.79 Å². The molecule has 0 spiro atoms. The maximum absolute atomic E-state index is 12.3. The van der Waals surface area contributed by atoms with Crippen LogP contribution in [0.25, 0.3) is 5.70 Å². The number of anilines is 1. The molecule has 0 aliphatic rings. The predicted octanol–water partition coefficient (Wildman–Crippen LogP) is 4.60. The Morgan fingerprint density at radius 3 is 2.24 bits per heavy atom. The van der Waals surface area contributed by atoms with E-state index in [1.807, 2.05) is 54.6 Å². The topological polar surface area (TPSA) is 38.3 Å². The number of carbonyl (C=O) groups excluding carboxylic acids is 1. The molecule has 0 saturated heterocycles. The Kier molecular flexibility index (Phi) is 6.21. The average molecular weight is 350 g/mol. The summed E-state index contributed by atoms with van der Waals surface area (Å²) in [5.41, 5.74) is 5.64. The van der Waals surface area contributed by atoms with Gasteiger partial charge in [-0.1, -0.05) is 50.0 Å². The predicted molar refractivity (Wildman–Crippen MR) is 107 cm³/mol. The monoisotopic (exact) mass is 349 g/mol. The van der Waals surface area contributed by atoms with Crippen molar-refractivity contribution in [3.8, 4) is 17.2 Å². The van der Waals surface area contributed by atoms with E-state index < -0.39 is 8.07 Å². The van der Waals surface area contributed by atoms with Gasteiger partial charge in [-0.05, 0) is 35.7 Å². The Hall–Kier alpha value is -2.77. The molecule has 25 heavy (non-hydrogen) atoms. The van der Waals surface area contributed by atoms with Crippen LogP contribution in [0.15, 0.2) is 60.7 Å². The van der Waals surface area contributed by atoms with Gasteiger partial charge in [0.05, 0.1) is 12.8 Å². The summed E-state index contributed by atoms with van der Waals surface area (Å²) in [7, 11) is 0.0520. The SMILES string of the molecule is COc1ccc(N/C(=C\C(=O)C#C[Si](C)(C)C)c2ccccc2)cc1. The van der Waals surface area contributed by atoms with Crippen LogP contribution in [0.4, 0.5) is 5.69 Å². The van der Waals surface area contributed by atoms with Gasteiger partial charge in [-0.15, -0.1) is 5.54 Å². The molecule has 0 amide bonds. The van der Waals surface area contributed by atoms with E-state index >= 15 is 0 Å². The zero-order valence-electron chi connectivity index (χ0n) is 15.1. The van der Waals surface area contributed by atoms with Gasteiger partial charge in [0.2, 0.25) is 5.78 Å². The number of allylic oxidation sites excluding steroid dienone is 1. The van der Waals surface area contributed by atoms with Gasteiger partial charge >= 0.3 is 0 Å². The highest BCUT2D eigenvalue weighted by Gasteiger charge is 2.09. The third-order valence-electron chi connectivity index (χ3n) is 3.29. The highest BCUT2D eigenvalue weighted by Crippen LogP contribution is 2.21. The Balaban J connectivity index is 2.31. The molecule has 0 heterocycles. The molecule has 2 rings (SSSR count). The molecule has 0 radical (unpaired) electrons. The summed E-state index contributed by atoms with van der Waals surface area (Å²) in [6.07, 6.45) is 1.56. The van der Waals surface area contributed by atoms with Crippen molar-refractivity contribution in [3.05, 3.63) is 66.2 Å². The molecule has 0 bridgehead atoms. The summed E-state index contributed by atoms with van der Waals surface area (Å²) in [4.78, 5) is 12.3. The number of rotatable bonds is 5. The van der Waals surface area contributed by atoms with Crippen molar-refractivity contribution in [2.45, 2.75) is 19.6 Å². The van der Waals surface area contributed by atoms with Gasteiger partial charge in [0.25, 0.3) is 0 Å². The Morgan fingerprint density at radius 2 is 1.68 bits per heavy atom. The summed E-state index contributed by atoms with van der Waals surface area (Å²) < 4.78 is 5.18. The van der Waals surface area contributed by atoms with Crippen LogP contribution in [0, 0.1) is 11.5 Å². The zero-order chi connectivity index (χ0) is 18.3. The van der Waals surface area contributed by atoms with Crippen LogP contribution in [-0.4, -0.2) is 21.0 Å². The summed E-state index contributed by atoms with van der Waals surface area (Å²) in [6, 6.07) is 17.3. The van der Waals surface area contributed by atoms with Crippen molar-refractivity contribution in [2.75, 3.05) is 12.4 Å². The lowest BCUT2D eigenvalue weighted by atomic mass is 10.1. The van der Waals surface area contributed by atoms with Crippen LogP contribution in [0.1, 0.15) is 5.56 Å². The third kappa shape index (κ3) is 6.32. The number of nitrogens with one attached hydrogen (secondary N) is 1. The summed E-state index contributed by atoms with van der Waals surface area (Å²) >= 11 is 0. The zero-order valence-corrected chi connectivity index (χ0v) is 16.1. The minimum Gasteiger partial charge on any atom is -0.497 e. The molecule has 0 aliphatic heterocycles. The van der Waals surface area contributed by atoms with Crippen molar-refractivity contribution in [2.24, 2.45) is 0 Å². The fourth-order valence-electron chi connectivity index (χ4n) is 2.06. The molecule has 0 aromatic heterocycles. The lowest BCUT2D eigenvalue weighted by molar-refractivity contribution is -0.109. The van der Waals surface area contributed by atoms with Crippen LogP contribution in [0.2, 0.25) is 19.6 Å². The molecule has 1 N–H and O–H groups in total. The van der Waals surface area contributed by atoms with Gasteiger partial charge in [-0.25, -0.2) is 0 Å². The van der Waals surface area contributed by atoms with E-state index in [0.717, 1.165) is 22.7 Å². The van der Waals surface area contributed by atoms with Crippen LogP contribution in [0.5, 0.6) is 5.75 Å². The number of benzene rings is 2. The molecule has 0 unspecified atom stereocenters. The van der Waals surface area contributed by atoms with Crippen molar-refractivity contribution < 1.29 is 9.53 Å². The normalized spacial score (nSPS) is 11.3. The number of ether oxygens (including phenoxy) is 1. The standard InChI is InChI=1S/C21H23NO2Si/c1-24-20-12-10-18(11-13-20)22-21(17-8-6-5-7-9-17)16-19(23)14-15-25(2,3)4/h5-13,16,22H,1-4H3/b21-16-. The summed E-state index contributed by atoms with van der Waals surface area (Å²) in [5, 5.41) is 3.30. The molecule has 4 heteroatoms. The minimum absolute atomic E-state index is 0.192. The van der Waals surface area contributed by atoms with Crippen molar-refractivity contribution in [3.63, 3.8) is 0 Å². The number of hydrogen-bond acceptors (Lipinski definition) is 3. The quantitative estimate of drug-likeness (QED) is 0.487. The third-order valence-corrected chi connectivity index (χ3v) is 4.16. The van der Waals surface area contributed by atoms with Crippen molar-refractivity contribution >= 4 is 25.2 Å². The summed E-state index contributed by atoms with van der Waals surface area (Å²) in [5.74, 6) is 3.36. The van der Waals surface area contributed by atoms with Crippen molar-refractivity contribution in [1.29, 1.82) is 0 Å². The largest absolute Gasteiger partial charge is 0.497 e. The molecule has 3 nitrogen and oxygen atoms in total. The van der Waals surface area contributed by atoms with Gasteiger partial charge in [0, 0.05) is 11.8 Å². The molecule has 128 valence electrons. The lowest BCUT2D eigenvalue weighted by Gasteiger charge is -2.11. The highest BCUT2D eigenvalue weighted by atomic mass is 28.3. The first kappa shape index (κ1) is 18.6. The Bertz CT molecular complexity index is 807. The minimum atomic E-state index is -1.58. The summed E-state index contributed by atoms with van der Waals surface area (Å²) in [6.45, 7) is 6.35. The van der Waals surface area contributed by atoms with Crippen molar-refractivity contribution in [1.82, 2.24) is 0 Å². The van der Waals surface area contributed by atoms with E-state index in [1.54, 1.807) is 13.2 Å². The highest BCUT2D eigenvalue weighted by molar-refractivity contribution is 6.84. The molecule has 0 aliphatic carbocycles. The lowest BCUT2D eigenvalue weighted by Crippen LogP contribution is -2.17. The first-order valence-corrected chi connectivity index (χ1v) is 11.6. The molecule has 0 saturated carbocycles. The van der Waals surface area contributed by atoms with Gasteiger partial charge in [0.15, 0.2) is 0 Å². The number of carbonyl (C=O) groups is 1. The molecular formula is C21H23NO2Si. The average Bonchev–Trinajstić information content (AvgIpc) is 2.60. The fourth-order valence-corrected chi connectivity index (χ4v) is 2.55. The van der Waals surface area contributed by atoms with Gasteiger partial charge in [0.1, 0.15) is 13.8 Å². The van der Waals surface area contributed by atoms with Crippen LogP contribution in [-0.2, 0) is 4.79 Å². The van der Waals surface area contributed by atoms with Gasteiger partial charge in [-0.2, -0.15) is 0 Å². The van der Waals surface area contributed by atoms with Crippen LogP contribution >= 0.6 is 0 Å². The molecule has 0 atom stereocenters. The van der Waals surface area contributed by atoms with E-state index in [-0.39, 0.29) is 5.78 Å². The van der Waals surface area contributed by atoms with E-state index in [2.05, 4.69) is 36.4 Å². The van der Waals surface area contributed by atoms with Crippen LogP contribution in [0.3, 0.4) is 0 Å². The maximum atomic E-state index is 12.3. The molecular weight excluding hydrogens is 326 g/mol. The van der Waals surface area contributed by atoms with E-state index in [0.29, 0.717) is 0 Å². The van der Waals surface area contributed by atoms with E-state index in [4.69, 9.17) is 4.74 Å². The Labute approximate surface area is 150 Å². The van der Waals surface area contributed by atoms with E-state index in [1.165, 1.54) is 0 Å². The Morgan fingerprint density at radius 1 is 1.04 bits per heavy atom. The molecule has 2 aromatic rings. The molecule has 0 fully saturated rings. The first-order valence-electron chi connectivity index (χ1n) is 8.13. The number of methoxy groups -OCH3 is 1. The number of ketones is 1. The molecule has 2 aromatic carbocycles. The smallest absolute Gasteiger partial charge is 0.230 e. The van der Waals surface area contributed by atoms with Gasteiger partial charge < -0.3 is 10.1 Å². The first-order chi connectivity index (χ1) is 11.9. The second-order valence-electron chi connectivity index (χ2n) is 6.64. The fraction of sp³-hybridized carbons (Fsp3) is 0.190.